The van der Waals surface area contributed by atoms with Crippen LogP contribution in [0.4, 0.5) is 5.69 Å². The number of benzene rings is 1. The van der Waals surface area contributed by atoms with E-state index in [9.17, 15) is 4.79 Å². The molecule has 0 saturated carbocycles. The number of likely N-dealkylation sites (N-methyl/N-ethyl adjacent to an activating group) is 1. The van der Waals surface area contributed by atoms with Gasteiger partial charge in [-0.15, -0.1) is 11.3 Å². The van der Waals surface area contributed by atoms with Gasteiger partial charge in [0.05, 0.1) is 17.8 Å². The van der Waals surface area contributed by atoms with Crippen LogP contribution in [0.5, 0.6) is 0 Å². The molecule has 4 nitrogen and oxygen atoms in total. The normalized spacial score (nSPS) is 21.9. The Kier molecular flexibility index (Phi) is 3.82. The topological polar surface area (TPSA) is 55.6 Å². The van der Waals surface area contributed by atoms with E-state index in [1.54, 1.807) is 11.0 Å². The minimum Gasteiger partial charge on any atom is -0.397 e. The van der Waals surface area contributed by atoms with E-state index in [0.29, 0.717) is 22.2 Å². The van der Waals surface area contributed by atoms with Gasteiger partial charge in [-0.2, -0.15) is 0 Å². The van der Waals surface area contributed by atoms with E-state index in [-0.39, 0.29) is 18.1 Å². The number of carbonyl (C=O) groups excluding carboxylic acids is 1. The van der Waals surface area contributed by atoms with Crippen LogP contribution in [0, 0.1) is 0 Å². The van der Waals surface area contributed by atoms with Crippen LogP contribution in [-0.2, 0) is 4.74 Å². The molecule has 112 valence electrons. The monoisotopic (exact) mass is 324 g/mol. The van der Waals surface area contributed by atoms with Crippen LogP contribution in [0.3, 0.4) is 0 Å². The van der Waals surface area contributed by atoms with Crippen LogP contribution in [-0.4, -0.2) is 36.6 Å². The molecule has 1 aliphatic heterocycles. The van der Waals surface area contributed by atoms with Gasteiger partial charge >= 0.3 is 0 Å². The van der Waals surface area contributed by atoms with Gasteiger partial charge < -0.3 is 15.4 Å². The fourth-order valence-corrected chi connectivity index (χ4v) is 4.17. The second kappa shape index (κ2) is 5.48. The second-order valence-corrected chi connectivity index (χ2v) is 6.82. The maximum Gasteiger partial charge on any atom is 0.266 e. The number of nitrogen functional groups attached to an aromatic ring is 1. The van der Waals surface area contributed by atoms with Crippen LogP contribution in [0.1, 0.15) is 23.0 Å². The Hall–Kier alpha value is -1.30. The van der Waals surface area contributed by atoms with Crippen molar-refractivity contribution in [1.29, 1.82) is 0 Å². The average Bonchev–Trinajstić information content (AvgIpc) is 3.01. The maximum absolute atomic E-state index is 12.7. The Morgan fingerprint density at radius 2 is 2.29 bits per heavy atom. The molecule has 1 fully saturated rings. The van der Waals surface area contributed by atoms with E-state index in [2.05, 4.69) is 0 Å². The number of halogens is 1. The highest BCUT2D eigenvalue weighted by Gasteiger charge is 2.32. The highest BCUT2D eigenvalue weighted by molar-refractivity contribution is 7.21. The molecule has 0 bridgehead atoms. The van der Waals surface area contributed by atoms with Gasteiger partial charge in [-0.1, -0.05) is 11.6 Å². The summed E-state index contributed by atoms with van der Waals surface area (Å²) in [6.45, 7) is 2.69. The van der Waals surface area contributed by atoms with E-state index in [4.69, 9.17) is 22.1 Å². The Morgan fingerprint density at radius 1 is 1.52 bits per heavy atom. The van der Waals surface area contributed by atoms with Gasteiger partial charge in [0.25, 0.3) is 5.91 Å². The van der Waals surface area contributed by atoms with E-state index >= 15 is 0 Å². The summed E-state index contributed by atoms with van der Waals surface area (Å²) in [5.41, 5.74) is 6.69. The predicted octanol–water partition coefficient (Wildman–Crippen LogP) is 3.39. The molecule has 3 rings (SSSR count). The third-order valence-electron chi connectivity index (χ3n) is 4.04. The van der Waals surface area contributed by atoms with Crippen molar-refractivity contribution in [2.24, 2.45) is 0 Å². The molecule has 2 aromatic rings. The second-order valence-electron chi connectivity index (χ2n) is 5.33. The first kappa shape index (κ1) is 14.6. The van der Waals surface area contributed by atoms with Gasteiger partial charge in [0, 0.05) is 28.8 Å². The lowest BCUT2D eigenvalue weighted by Crippen LogP contribution is -2.40. The van der Waals surface area contributed by atoms with Crippen molar-refractivity contribution in [2.75, 3.05) is 19.4 Å². The van der Waals surface area contributed by atoms with Crippen molar-refractivity contribution in [2.45, 2.75) is 25.5 Å². The standard InChI is InChI=1S/C15H17ClN2O2S/c1-8-11(5-6-20-8)18(2)15(19)14-13(17)10-4-3-9(16)7-12(10)21-14/h3-4,7-8,11H,5-6,17H2,1-2H3. The van der Waals surface area contributed by atoms with Crippen LogP contribution in [0.2, 0.25) is 5.02 Å². The van der Waals surface area contributed by atoms with Gasteiger partial charge in [-0.05, 0) is 31.5 Å². The van der Waals surface area contributed by atoms with Crippen molar-refractivity contribution in [3.8, 4) is 0 Å². The Labute approximate surface area is 132 Å². The summed E-state index contributed by atoms with van der Waals surface area (Å²) in [5.74, 6) is -0.0489. The first-order valence-electron chi connectivity index (χ1n) is 6.85. The smallest absolute Gasteiger partial charge is 0.266 e. The molecule has 2 heterocycles. The molecule has 21 heavy (non-hydrogen) atoms. The highest BCUT2D eigenvalue weighted by atomic mass is 35.5. The molecule has 1 aliphatic rings. The summed E-state index contributed by atoms with van der Waals surface area (Å²) in [7, 11) is 1.81. The third-order valence-corrected chi connectivity index (χ3v) is 5.43. The van der Waals surface area contributed by atoms with Crippen LogP contribution >= 0.6 is 22.9 Å². The van der Waals surface area contributed by atoms with Gasteiger partial charge in [0.1, 0.15) is 4.88 Å². The van der Waals surface area contributed by atoms with Crippen LogP contribution < -0.4 is 5.73 Å². The number of anilines is 1. The first-order chi connectivity index (χ1) is 9.99. The Morgan fingerprint density at radius 3 is 2.95 bits per heavy atom. The summed E-state index contributed by atoms with van der Waals surface area (Å²) in [6.07, 6.45) is 0.920. The molecule has 1 saturated heterocycles. The molecular formula is C15H17ClN2O2S. The maximum atomic E-state index is 12.7. The first-order valence-corrected chi connectivity index (χ1v) is 8.04. The average molecular weight is 325 g/mol. The molecule has 0 radical (unpaired) electrons. The lowest BCUT2D eigenvalue weighted by molar-refractivity contribution is 0.0579. The zero-order valence-electron chi connectivity index (χ0n) is 11.9. The summed E-state index contributed by atoms with van der Waals surface area (Å²) >= 11 is 7.39. The largest absolute Gasteiger partial charge is 0.397 e. The molecule has 0 spiro atoms. The van der Waals surface area contributed by atoms with Crippen molar-refractivity contribution in [3.63, 3.8) is 0 Å². The van der Waals surface area contributed by atoms with E-state index in [1.165, 1.54) is 11.3 Å². The number of ether oxygens (including phenoxy) is 1. The minimum absolute atomic E-state index is 0.0489. The predicted molar refractivity (Wildman–Crippen MR) is 87.2 cm³/mol. The lowest BCUT2D eigenvalue weighted by Gasteiger charge is -2.26. The highest BCUT2D eigenvalue weighted by Crippen LogP contribution is 2.36. The molecule has 1 amide bonds. The fourth-order valence-electron chi connectivity index (χ4n) is 2.79. The van der Waals surface area contributed by atoms with Gasteiger partial charge in [-0.3, -0.25) is 4.79 Å². The number of nitrogens with zero attached hydrogens (tertiary/aromatic N) is 1. The van der Waals surface area contributed by atoms with E-state index in [0.717, 1.165) is 16.5 Å². The molecular weight excluding hydrogens is 308 g/mol. The summed E-state index contributed by atoms with van der Waals surface area (Å²) in [6, 6.07) is 5.60. The number of thiophene rings is 1. The number of hydrogen-bond donors (Lipinski definition) is 1. The van der Waals surface area contributed by atoms with E-state index in [1.807, 2.05) is 26.1 Å². The zero-order valence-corrected chi connectivity index (χ0v) is 13.5. The van der Waals surface area contributed by atoms with Crippen molar-refractivity contribution < 1.29 is 9.53 Å². The Bertz CT molecular complexity index is 700. The molecule has 1 aromatic heterocycles. The molecule has 2 atom stereocenters. The summed E-state index contributed by atoms with van der Waals surface area (Å²) in [4.78, 5) is 15.0. The van der Waals surface area contributed by atoms with Crippen LogP contribution in [0.15, 0.2) is 18.2 Å². The van der Waals surface area contributed by atoms with Gasteiger partial charge in [0.2, 0.25) is 0 Å². The Balaban J connectivity index is 1.96. The van der Waals surface area contributed by atoms with Crippen molar-refractivity contribution in [3.05, 3.63) is 28.1 Å². The molecule has 2 N–H and O–H groups in total. The number of nitrogens with two attached hydrogens (primary N) is 1. The number of carbonyl (C=O) groups is 1. The summed E-state index contributed by atoms with van der Waals surface area (Å²) in [5, 5.41) is 1.53. The summed E-state index contributed by atoms with van der Waals surface area (Å²) < 4.78 is 6.48. The van der Waals surface area contributed by atoms with E-state index < -0.39 is 0 Å². The fraction of sp³-hybridized carbons (Fsp3) is 0.400. The minimum atomic E-state index is -0.0489. The van der Waals surface area contributed by atoms with Crippen molar-refractivity contribution in [1.82, 2.24) is 4.90 Å². The van der Waals surface area contributed by atoms with Crippen molar-refractivity contribution >= 4 is 44.6 Å². The number of rotatable bonds is 2. The lowest BCUT2D eigenvalue weighted by atomic mass is 10.1. The van der Waals surface area contributed by atoms with Crippen LogP contribution in [0.25, 0.3) is 10.1 Å². The number of hydrogen-bond acceptors (Lipinski definition) is 4. The van der Waals surface area contributed by atoms with Gasteiger partial charge in [-0.25, -0.2) is 0 Å². The quantitative estimate of drug-likeness (QED) is 0.921. The molecule has 1 aromatic carbocycles. The molecule has 2 unspecified atom stereocenters. The number of amides is 1. The third kappa shape index (κ3) is 2.50. The number of fused-ring (bicyclic) bond motifs is 1. The van der Waals surface area contributed by atoms with Gasteiger partial charge in [0.15, 0.2) is 0 Å². The zero-order chi connectivity index (χ0) is 15.1. The molecule has 6 heteroatoms. The molecule has 0 aliphatic carbocycles. The SMILES string of the molecule is CC1OCCC1N(C)C(=O)c1sc2cc(Cl)ccc2c1N.